The molecule has 0 saturated heterocycles. The molecule has 6 heteroatoms. The third-order valence-electron chi connectivity index (χ3n) is 2.47. The zero-order chi connectivity index (χ0) is 14.0. The predicted molar refractivity (Wildman–Crippen MR) is 70.2 cm³/mol. The van der Waals surface area contributed by atoms with Crippen molar-refractivity contribution in [3.8, 4) is 6.07 Å². The van der Waals surface area contributed by atoms with Crippen LogP contribution in [0, 0.1) is 23.0 Å². The molecule has 0 radical (unpaired) electrons. The summed E-state index contributed by atoms with van der Waals surface area (Å²) in [5.41, 5.74) is 5.93. The Kier molecular flexibility index (Phi) is 3.54. The quantitative estimate of drug-likeness (QED) is 0.822. The maximum atomic E-state index is 13.3. The van der Waals surface area contributed by atoms with Crippen LogP contribution in [-0.4, -0.2) is 0 Å². The largest absolute Gasteiger partial charge is 0.395 e. The van der Waals surface area contributed by atoms with Crippen LogP contribution in [0.25, 0.3) is 0 Å². The second kappa shape index (κ2) is 5.12. The molecule has 3 N–H and O–H groups in total. The molecule has 0 atom stereocenters. The Morgan fingerprint density at radius 2 is 1.89 bits per heavy atom. The van der Waals surface area contributed by atoms with Crippen LogP contribution in [0.2, 0.25) is 5.02 Å². The lowest BCUT2D eigenvalue weighted by atomic mass is 10.1. The van der Waals surface area contributed by atoms with Gasteiger partial charge in [-0.15, -0.1) is 0 Å². The monoisotopic (exact) mass is 279 g/mol. The summed E-state index contributed by atoms with van der Waals surface area (Å²) in [7, 11) is 0. The van der Waals surface area contributed by atoms with E-state index in [1.165, 1.54) is 12.1 Å². The number of rotatable bonds is 2. The summed E-state index contributed by atoms with van der Waals surface area (Å²) in [6, 6.07) is 8.18. The molecule has 2 rings (SSSR count). The molecule has 0 aliphatic rings. The fourth-order valence-corrected chi connectivity index (χ4v) is 1.72. The molecule has 96 valence electrons. The first-order valence-electron chi connectivity index (χ1n) is 5.22. The van der Waals surface area contributed by atoms with E-state index in [-0.39, 0.29) is 16.9 Å². The van der Waals surface area contributed by atoms with Crippen molar-refractivity contribution in [1.29, 1.82) is 5.26 Å². The smallest absolute Gasteiger partial charge is 0.151 e. The number of anilines is 3. The zero-order valence-corrected chi connectivity index (χ0v) is 10.3. The molecule has 0 fully saturated rings. The van der Waals surface area contributed by atoms with Gasteiger partial charge in [0.05, 0.1) is 22.6 Å². The molecule has 0 spiro atoms. The maximum absolute atomic E-state index is 13.3. The van der Waals surface area contributed by atoms with Gasteiger partial charge in [-0.1, -0.05) is 11.6 Å². The van der Waals surface area contributed by atoms with Crippen molar-refractivity contribution in [3.05, 3.63) is 52.6 Å². The highest BCUT2D eigenvalue weighted by Gasteiger charge is 2.10. The number of nitrogens with two attached hydrogens (primary N) is 1. The second-order valence-corrected chi connectivity index (χ2v) is 4.21. The average molecular weight is 280 g/mol. The number of hydrogen-bond acceptors (Lipinski definition) is 3. The zero-order valence-electron chi connectivity index (χ0n) is 9.55. The number of hydrogen-bond donors (Lipinski definition) is 2. The van der Waals surface area contributed by atoms with E-state index in [0.29, 0.717) is 16.8 Å². The highest BCUT2D eigenvalue weighted by Crippen LogP contribution is 2.29. The number of nitrogen functional groups attached to an aromatic ring is 1. The minimum atomic E-state index is -0.872. The summed E-state index contributed by atoms with van der Waals surface area (Å²) < 4.78 is 26.5. The van der Waals surface area contributed by atoms with Gasteiger partial charge in [0.25, 0.3) is 0 Å². The van der Waals surface area contributed by atoms with Gasteiger partial charge < -0.3 is 11.1 Å². The number of nitrogens with zero attached hydrogens (tertiary/aromatic N) is 1. The van der Waals surface area contributed by atoms with Crippen LogP contribution in [0.4, 0.5) is 25.8 Å². The Morgan fingerprint density at radius 3 is 2.58 bits per heavy atom. The van der Waals surface area contributed by atoms with Crippen LogP contribution in [0.3, 0.4) is 0 Å². The Bertz CT molecular complexity index is 680. The van der Waals surface area contributed by atoms with E-state index in [9.17, 15) is 8.78 Å². The van der Waals surface area contributed by atoms with Gasteiger partial charge in [-0.2, -0.15) is 5.26 Å². The fourth-order valence-electron chi connectivity index (χ4n) is 1.55. The summed E-state index contributed by atoms with van der Waals surface area (Å²) >= 11 is 5.81. The third kappa shape index (κ3) is 2.75. The summed E-state index contributed by atoms with van der Waals surface area (Å²) in [5, 5.41) is 12.0. The molecule has 0 aromatic heterocycles. The molecule has 2 aromatic carbocycles. The number of benzene rings is 2. The highest BCUT2D eigenvalue weighted by molar-refractivity contribution is 6.30. The minimum Gasteiger partial charge on any atom is -0.395 e. The van der Waals surface area contributed by atoms with Crippen molar-refractivity contribution in [3.63, 3.8) is 0 Å². The van der Waals surface area contributed by atoms with Crippen molar-refractivity contribution < 1.29 is 8.78 Å². The molecular formula is C13H8ClF2N3. The molecule has 19 heavy (non-hydrogen) atoms. The van der Waals surface area contributed by atoms with E-state index in [4.69, 9.17) is 22.6 Å². The van der Waals surface area contributed by atoms with Gasteiger partial charge in [0.1, 0.15) is 11.9 Å². The van der Waals surface area contributed by atoms with Crippen molar-refractivity contribution >= 4 is 28.7 Å². The van der Waals surface area contributed by atoms with E-state index in [1.54, 1.807) is 6.07 Å². The van der Waals surface area contributed by atoms with Crippen molar-refractivity contribution in [1.82, 2.24) is 0 Å². The van der Waals surface area contributed by atoms with E-state index < -0.39 is 11.6 Å². The van der Waals surface area contributed by atoms with E-state index >= 15 is 0 Å². The van der Waals surface area contributed by atoms with Crippen LogP contribution < -0.4 is 11.1 Å². The van der Waals surface area contributed by atoms with Crippen LogP contribution in [0.1, 0.15) is 5.56 Å². The van der Waals surface area contributed by atoms with Gasteiger partial charge in [0, 0.05) is 11.1 Å². The third-order valence-corrected chi connectivity index (χ3v) is 2.70. The van der Waals surface area contributed by atoms with Gasteiger partial charge in [-0.25, -0.2) is 8.78 Å². The molecule has 3 nitrogen and oxygen atoms in total. The molecule has 0 heterocycles. The molecular weight excluding hydrogens is 272 g/mol. The van der Waals surface area contributed by atoms with Gasteiger partial charge in [0.2, 0.25) is 0 Å². The molecule has 0 saturated carbocycles. The van der Waals surface area contributed by atoms with Gasteiger partial charge in [0.15, 0.2) is 5.82 Å². The fraction of sp³-hybridized carbons (Fsp3) is 0. The molecule has 0 amide bonds. The van der Waals surface area contributed by atoms with Gasteiger partial charge in [-0.05, 0) is 24.3 Å². The first-order chi connectivity index (χ1) is 9.01. The SMILES string of the molecule is N#Cc1ccc(Cl)cc1Nc1cc(F)cc(F)c1N. The lowest BCUT2D eigenvalue weighted by Crippen LogP contribution is -2.01. The second-order valence-electron chi connectivity index (χ2n) is 3.78. The predicted octanol–water partition coefficient (Wildman–Crippen LogP) is 3.82. The molecule has 0 aliphatic carbocycles. The molecule has 2 aromatic rings. The standard InChI is InChI=1S/C13H8ClF2N3/c14-8-2-1-7(6-17)11(3-8)19-12-5-9(15)4-10(16)13(12)18/h1-5,19H,18H2. The first kappa shape index (κ1) is 13.1. The Labute approximate surface area is 113 Å². The number of nitriles is 1. The minimum absolute atomic E-state index is 0.0382. The Hall–Kier alpha value is -2.32. The maximum Gasteiger partial charge on any atom is 0.151 e. The van der Waals surface area contributed by atoms with Crippen LogP contribution in [0.5, 0.6) is 0 Å². The number of nitrogens with one attached hydrogen (secondary N) is 1. The van der Waals surface area contributed by atoms with E-state index in [0.717, 1.165) is 6.07 Å². The van der Waals surface area contributed by atoms with E-state index in [1.807, 2.05) is 6.07 Å². The average Bonchev–Trinajstić information content (AvgIpc) is 2.35. The van der Waals surface area contributed by atoms with Gasteiger partial charge >= 0.3 is 0 Å². The first-order valence-corrected chi connectivity index (χ1v) is 5.60. The lowest BCUT2D eigenvalue weighted by Gasteiger charge is -2.11. The van der Waals surface area contributed by atoms with Crippen molar-refractivity contribution in [2.75, 3.05) is 11.1 Å². The molecule has 0 unspecified atom stereocenters. The number of halogens is 3. The van der Waals surface area contributed by atoms with Crippen molar-refractivity contribution in [2.45, 2.75) is 0 Å². The summed E-state index contributed by atoms with van der Waals surface area (Å²) in [6.07, 6.45) is 0. The van der Waals surface area contributed by atoms with Crippen LogP contribution in [0.15, 0.2) is 30.3 Å². The molecule has 0 bridgehead atoms. The summed E-state index contributed by atoms with van der Waals surface area (Å²) in [5.74, 6) is -1.64. The van der Waals surface area contributed by atoms with Crippen molar-refractivity contribution in [2.24, 2.45) is 0 Å². The van der Waals surface area contributed by atoms with Gasteiger partial charge in [-0.3, -0.25) is 0 Å². The van der Waals surface area contributed by atoms with Crippen LogP contribution >= 0.6 is 11.6 Å². The Morgan fingerprint density at radius 1 is 1.16 bits per heavy atom. The topological polar surface area (TPSA) is 61.8 Å². The molecule has 0 aliphatic heterocycles. The normalized spacial score (nSPS) is 10.0. The lowest BCUT2D eigenvalue weighted by molar-refractivity contribution is 0.587. The summed E-state index contributed by atoms with van der Waals surface area (Å²) in [4.78, 5) is 0. The summed E-state index contributed by atoms with van der Waals surface area (Å²) in [6.45, 7) is 0. The Balaban J connectivity index is 2.47. The van der Waals surface area contributed by atoms with E-state index in [2.05, 4.69) is 5.32 Å². The van der Waals surface area contributed by atoms with Crippen LogP contribution in [-0.2, 0) is 0 Å². The highest BCUT2D eigenvalue weighted by atomic mass is 35.5.